The van der Waals surface area contributed by atoms with Crippen molar-refractivity contribution in [2.24, 2.45) is 0 Å². The van der Waals surface area contributed by atoms with Crippen LogP contribution in [-0.2, 0) is 5.41 Å². The molecule has 20 heavy (non-hydrogen) atoms. The van der Waals surface area contributed by atoms with Gasteiger partial charge in [0.05, 0.1) is 0 Å². The van der Waals surface area contributed by atoms with E-state index in [1.54, 1.807) is 0 Å². The van der Waals surface area contributed by atoms with Crippen molar-refractivity contribution in [3.05, 3.63) is 60.3 Å². The molecule has 0 saturated carbocycles. The lowest BCUT2D eigenvalue weighted by atomic mass is 9.85. The summed E-state index contributed by atoms with van der Waals surface area (Å²) in [5.74, 6) is 0.782. The molecule has 1 aromatic carbocycles. The number of pyridine rings is 1. The molecule has 0 aliphatic heterocycles. The normalized spacial score (nSPS) is 11.7. The maximum absolute atomic E-state index is 4.19. The standard InChI is InChI=1S/C16H18N4/c1-16(2,13-8-4-3-5-9-13)12-17-15-19-18-14-10-6-7-11-20(14)15/h3-11H,12H2,1-2H3,(H,17,19). The van der Waals surface area contributed by atoms with E-state index >= 15 is 0 Å². The van der Waals surface area contributed by atoms with Crippen molar-refractivity contribution in [3.8, 4) is 0 Å². The molecular weight excluding hydrogens is 248 g/mol. The van der Waals surface area contributed by atoms with Gasteiger partial charge in [0.2, 0.25) is 5.95 Å². The number of nitrogens with zero attached hydrogens (tertiary/aromatic N) is 3. The van der Waals surface area contributed by atoms with Crippen LogP contribution >= 0.6 is 0 Å². The lowest BCUT2D eigenvalue weighted by Crippen LogP contribution is -2.28. The SMILES string of the molecule is CC(C)(CNc1nnc2ccccn12)c1ccccc1. The van der Waals surface area contributed by atoms with E-state index in [1.165, 1.54) is 5.56 Å². The summed E-state index contributed by atoms with van der Waals surface area (Å²) in [5.41, 5.74) is 2.19. The van der Waals surface area contributed by atoms with Crippen LogP contribution in [0.5, 0.6) is 0 Å². The lowest BCUT2D eigenvalue weighted by molar-refractivity contribution is 0.554. The van der Waals surface area contributed by atoms with Crippen LogP contribution < -0.4 is 5.32 Å². The summed E-state index contributed by atoms with van der Waals surface area (Å²) in [4.78, 5) is 0. The summed E-state index contributed by atoms with van der Waals surface area (Å²) in [5, 5.41) is 11.7. The first kappa shape index (κ1) is 12.7. The van der Waals surface area contributed by atoms with Crippen LogP contribution in [0.15, 0.2) is 54.7 Å². The quantitative estimate of drug-likeness (QED) is 0.789. The Balaban J connectivity index is 1.79. The third-order valence-electron chi connectivity index (χ3n) is 3.56. The van der Waals surface area contributed by atoms with Gasteiger partial charge in [-0.25, -0.2) is 0 Å². The largest absolute Gasteiger partial charge is 0.353 e. The molecule has 3 aromatic rings. The average Bonchev–Trinajstić information content (AvgIpc) is 2.89. The van der Waals surface area contributed by atoms with Crippen molar-refractivity contribution < 1.29 is 0 Å². The molecule has 4 heteroatoms. The highest BCUT2D eigenvalue weighted by molar-refractivity contribution is 5.45. The maximum Gasteiger partial charge on any atom is 0.229 e. The first-order valence-corrected chi connectivity index (χ1v) is 6.76. The van der Waals surface area contributed by atoms with E-state index < -0.39 is 0 Å². The molecule has 0 spiro atoms. The Kier molecular flexibility index (Phi) is 3.14. The third-order valence-corrected chi connectivity index (χ3v) is 3.56. The molecule has 0 atom stereocenters. The van der Waals surface area contributed by atoms with Gasteiger partial charge in [-0.1, -0.05) is 50.2 Å². The fourth-order valence-electron chi connectivity index (χ4n) is 2.25. The smallest absolute Gasteiger partial charge is 0.229 e. The summed E-state index contributed by atoms with van der Waals surface area (Å²) in [6.45, 7) is 5.24. The van der Waals surface area contributed by atoms with Gasteiger partial charge in [0.1, 0.15) is 0 Å². The lowest BCUT2D eigenvalue weighted by Gasteiger charge is -2.25. The molecule has 4 nitrogen and oxygen atoms in total. The fourth-order valence-corrected chi connectivity index (χ4v) is 2.25. The van der Waals surface area contributed by atoms with Crippen LogP contribution in [-0.4, -0.2) is 21.1 Å². The molecule has 0 amide bonds. The zero-order valence-corrected chi connectivity index (χ0v) is 11.7. The predicted molar refractivity (Wildman–Crippen MR) is 80.9 cm³/mol. The average molecular weight is 266 g/mol. The van der Waals surface area contributed by atoms with Crippen LogP contribution in [0.4, 0.5) is 5.95 Å². The number of hydrogen-bond acceptors (Lipinski definition) is 3. The molecule has 2 aromatic heterocycles. The molecule has 0 fully saturated rings. The molecule has 0 saturated heterocycles. The Morgan fingerprint density at radius 3 is 2.55 bits per heavy atom. The number of aromatic nitrogens is 3. The van der Waals surface area contributed by atoms with E-state index in [0.717, 1.165) is 18.1 Å². The predicted octanol–water partition coefficient (Wildman–Crippen LogP) is 3.12. The van der Waals surface area contributed by atoms with Crippen molar-refractivity contribution in [2.75, 3.05) is 11.9 Å². The van der Waals surface area contributed by atoms with Crippen LogP contribution in [0.3, 0.4) is 0 Å². The van der Waals surface area contributed by atoms with Gasteiger partial charge in [0.15, 0.2) is 5.65 Å². The number of anilines is 1. The van der Waals surface area contributed by atoms with Gasteiger partial charge in [0, 0.05) is 18.2 Å². The summed E-state index contributed by atoms with van der Waals surface area (Å²) >= 11 is 0. The molecule has 1 N–H and O–H groups in total. The number of fused-ring (bicyclic) bond motifs is 1. The molecule has 2 heterocycles. The molecule has 3 rings (SSSR count). The number of nitrogens with one attached hydrogen (secondary N) is 1. The van der Waals surface area contributed by atoms with Crippen molar-refractivity contribution >= 4 is 11.6 Å². The Morgan fingerprint density at radius 2 is 1.75 bits per heavy atom. The minimum Gasteiger partial charge on any atom is -0.353 e. The monoisotopic (exact) mass is 266 g/mol. The second-order valence-corrected chi connectivity index (χ2v) is 5.56. The Hall–Kier alpha value is -2.36. The van der Waals surface area contributed by atoms with Gasteiger partial charge in [-0.2, -0.15) is 0 Å². The van der Waals surface area contributed by atoms with Crippen LogP contribution in [0, 0.1) is 0 Å². The van der Waals surface area contributed by atoms with Crippen LogP contribution in [0.25, 0.3) is 5.65 Å². The summed E-state index contributed by atoms with van der Waals surface area (Å²) in [6.07, 6.45) is 1.97. The van der Waals surface area contributed by atoms with Gasteiger partial charge >= 0.3 is 0 Å². The van der Waals surface area contributed by atoms with Crippen LogP contribution in [0.2, 0.25) is 0 Å². The highest BCUT2D eigenvalue weighted by Crippen LogP contribution is 2.23. The zero-order chi connectivity index (χ0) is 14.0. The van der Waals surface area contributed by atoms with Crippen LogP contribution in [0.1, 0.15) is 19.4 Å². The molecular formula is C16H18N4. The van der Waals surface area contributed by atoms with E-state index in [4.69, 9.17) is 0 Å². The minimum absolute atomic E-state index is 0.0296. The van der Waals surface area contributed by atoms with Crippen molar-refractivity contribution in [1.29, 1.82) is 0 Å². The Morgan fingerprint density at radius 1 is 1.00 bits per heavy atom. The van der Waals surface area contributed by atoms with E-state index in [2.05, 4.69) is 53.6 Å². The highest BCUT2D eigenvalue weighted by Gasteiger charge is 2.20. The molecule has 0 aliphatic rings. The van der Waals surface area contributed by atoms with Crippen molar-refractivity contribution in [2.45, 2.75) is 19.3 Å². The minimum atomic E-state index is 0.0296. The zero-order valence-electron chi connectivity index (χ0n) is 11.7. The Bertz CT molecular complexity index is 701. The first-order valence-electron chi connectivity index (χ1n) is 6.76. The number of benzene rings is 1. The molecule has 102 valence electrons. The van der Waals surface area contributed by atoms with E-state index in [9.17, 15) is 0 Å². The number of rotatable bonds is 4. The second-order valence-electron chi connectivity index (χ2n) is 5.56. The number of hydrogen-bond donors (Lipinski definition) is 1. The fraction of sp³-hybridized carbons (Fsp3) is 0.250. The van der Waals surface area contributed by atoms with Gasteiger partial charge in [-0.15, -0.1) is 10.2 Å². The Labute approximate surface area is 118 Å². The van der Waals surface area contributed by atoms with Gasteiger partial charge < -0.3 is 5.32 Å². The van der Waals surface area contributed by atoms with Gasteiger partial charge in [0.25, 0.3) is 0 Å². The molecule has 0 bridgehead atoms. The highest BCUT2D eigenvalue weighted by atomic mass is 15.3. The summed E-state index contributed by atoms with van der Waals surface area (Å²) in [7, 11) is 0. The topological polar surface area (TPSA) is 42.2 Å². The molecule has 0 aliphatic carbocycles. The van der Waals surface area contributed by atoms with E-state index in [0.29, 0.717) is 0 Å². The van der Waals surface area contributed by atoms with Crippen molar-refractivity contribution in [1.82, 2.24) is 14.6 Å². The van der Waals surface area contributed by atoms with Crippen molar-refractivity contribution in [3.63, 3.8) is 0 Å². The molecule has 0 unspecified atom stereocenters. The van der Waals surface area contributed by atoms with Gasteiger partial charge in [-0.3, -0.25) is 4.40 Å². The van der Waals surface area contributed by atoms with E-state index in [-0.39, 0.29) is 5.41 Å². The second kappa shape index (κ2) is 4.96. The summed E-state index contributed by atoms with van der Waals surface area (Å²) in [6, 6.07) is 16.4. The maximum atomic E-state index is 4.19. The third kappa shape index (κ3) is 2.37. The van der Waals surface area contributed by atoms with Gasteiger partial charge in [-0.05, 0) is 17.7 Å². The molecule has 0 radical (unpaired) electrons. The first-order chi connectivity index (χ1) is 9.67. The van der Waals surface area contributed by atoms with E-state index in [1.807, 2.05) is 34.9 Å². The summed E-state index contributed by atoms with van der Waals surface area (Å²) < 4.78 is 1.96.